The molecule has 7 rings (SSSR count). The van der Waals surface area contributed by atoms with Gasteiger partial charge in [0.05, 0.1) is 12.2 Å². The average Bonchev–Trinajstić information content (AvgIpc) is 3.65. The van der Waals surface area contributed by atoms with Gasteiger partial charge in [0.15, 0.2) is 11.4 Å². The first-order chi connectivity index (χ1) is 21.3. The molecule has 2 spiro atoms. The zero-order valence-corrected chi connectivity index (χ0v) is 27.5. The number of rotatable bonds is 2. The number of ketones is 1. The van der Waals surface area contributed by atoms with E-state index >= 15 is 0 Å². The van der Waals surface area contributed by atoms with Gasteiger partial charge in [0.1, 0.15) is 35.1 Å². The molecule has 3 saturated carbocycles. The van der Waals surface area contributed by atoms with Gasteiger partial charge in [-0.3, -0.25) is 4.79 Å². The molecular weight excluding hydrogens is 576 g/mol. The molecule has 0 aromatic rings. The summed E-state index contributed by atoms with van der Waals surface area (Å²) in [6.45, 7) is 11.2. The molecule has 14 unspecified atom stereocenters. The molecule has 4 N–H and O–H groups in total. The Hall–Kier alpha value is -1.17. The number of carbonyl (C=O) groups excluding carboxylic acids is 1. The molecule has 6 fully saturated rings. The Balaban J connectivity index is 1.43. The van der Waals surface area contributed by atoms with Gasteiger partial charge in [-0.1, -0.05) is 84.3 Å². The summed E-state index contributed by atoms with van der Waals surface area (Å²) in [7, 11) is 0. The van der Waals surface area contributed by atoms with Crippen LogP contribution < -0.4 is 0 Å². The standard InChI is InChI=1S/C36H54O9/c1-21(2)32-19-23(4)36-25-27(32)43-34(44-32,45-36)18-16-14-12-10-8-6-7-9-11-13-15-17-22(3)24-26(36)35(41,29(38)31(24,5)40)30(39)33(20-37)28(25)42-33/h16,18,22-28,30,37,39-41H,1,6-15,17,19-20H2,2-5H3. The van der Waals surface area contributed by atoms with Crippen molar-refractivity contribution in [2.75, 3.05) is 6.61 Å². The molecule has 14 atom stereocenters. The minimum absolute atomic E-state index is 0.177. The smallest absolute Gasteiger partial charge is 0.306 e. The van der Waals surface area contributed by atoms with Crippen LogP contribution in [0.2, 0.25) is 0 Å². The van der Waals surface area contributed by atoms with E-state index in [1.165, 1.54) is 32.6 Å². The molecule has 3 aliphatic carbocycles. The molecule has 0 aromatic heterocycles. The molecule has 4 heterocycles. The van der Waals surface area contributed by atoms with E-state index in [-0.39, 0.29) is 11.8 Å². The van der Waals surface area contributed by atoms with Crippen LogP contribution in [0.1, 0.15) is 105 Å². The quantitative estimate of drug-likeness (QED) is 0.263. The lowest BCUT2D eigenvalue weighted by Crippen LogP contribution is -2.73. The van der Waals surface area contributed by atoms with Gasteiger partial charge in [-0.25, -0.2) is 0 Å². The summed E-state index contributed by atoms with van der Waals surface area (Å²) in [5.41, 5.74) is -7.47. The van der Waals surface area contributed by atoms with Crippen LogP contribution in [-0.4, -0.2) is 85.1 Å². The van der Waals surface area contributed by atoms with Crippen molar-refractivity contribution in [1.29, 1.82) is 0 Å². The lowest BCUT2D eigenvalue weighted by molar-refractivity contribution is -0.413. The Morgan fingerprint density at radius 1 is 0.956 bits per heavy atom. The maximum Gasteiger partial charge on any atom is 0.306 e. The molecule has 0 amide bonds. The average molecular weight is 631 g/mol. The van der Waals surface area contributed by atoms with Gasteiger partial charge < -0.3 is 39.4 Å². The van der Waals surface area contributed by atoms with Gasteiger partial charge in [-0.15, -0.1) is 0 Å². The second-order valence-corrected chi connectivity index (χ2v) is 16.0. The lowest BCUT2D eigenvalue weighted by Gasteiger charge is -2.61. The Labute approximate surface area is 267 Å². The third kappa shape index (κ3) is 4.11. The fourth-order valence-electron chi connectivity index (χ4n) is 11.2. The van der Waals surface area contributed by atoms with Crippen molar-refractivity contribution >= 4 is 5.78 Å². The maximum atomic E-state index is 14.5. The van der Waals surface area contributed by atoms with Crippen molar-refractivity contribution in [2.45, 2.75) is 157 Å². The number of epoxide rings is 1. The predicted octanol–water partition coefficient (Wildman–Crippen LogP) is 4.09. The SMILES string of the molecule is C=C(C)C12CC(C)C34OC5(C=CCCCCCCCCCCCC(C)C6C3C(O)(C(=O)C6(C)O)C(O)C3(CO)OC3C4C1O5)O2. The van der Waals surface area contributed by atoms with Crippen molar-refractivity contribution in [1.82, 2.24) is 0 Å². The van der Waals surface area contributed by atoms with Crippen molar-refractivity contribution in [3.8, 4) is 0 Å². The van der Waals surface area contributed by atoms with Gasteiger partial charge in [0, 0.05) is 23.8 Å². The highest BCUT2D eigenvalue weighted by Crippen LogP contribution is 2.75. The highest BCUT2D eigenvalue weighted by molar-refractivity contribution is 5.99. The Morgan fingerprint density at radius 2 is 1.60 bits per heavy atom. The fraction of sp³-hybridized carbons (Fsp3) is 0.861. The van der Waals surface area contributed by atoms with E-state index in [0.717, 1.165) is 50.5 Å². The number of fused-ring (bicyclic) bond motifs is 1. The largest absolute Gasteiger partial charge is 0.393 e. The number of hydrogen-bond donors (Lipinski definition) is 4. The Bertz CT molecular complexity index is 1250. The number of aliphatic hydroxyl groups is 4. The summed E-state index contributed by atoms with van der Waals surface area (Å²) in [4.78, 5) is 14.5. The Kier molecular flexibility index (Phi) is 7.67. The second kappa shape index (κ2) is 10.7. The van der Waals surface area contributed by atoms with Gasteiger partial charge in [-0.2, -0.15) is 0 Å². The van der Waals surface area contributed by atoms with E-state index in [9.17, 15) is 25.2 Å². The van der Waals surface area contributed by atoms with E-state index in [1.807, 2.05) is 32.9 Å². The number of Topliss-reactive ketones (excluding diaryl/α,β-unsaturated/α-hetero) is 1. The van der Waals surface area contributed by atoms with Gasteiger partial charge >= 0.3 is 5.97 Å². The van der Waals surface area contributed by atoms with Crippen molar-refractivity contribution in [3.05, 3.63) is 24.3 Å². The summed E-state index contributed by atoms with van der Waals surface area (Å²) in [6, 6.07) is 0. The molecule has 4 aliphatic heterocycles. The van der Waals surface area contributed by atoms with Gasteiger partial charge in [0.25, 0.3) is 0 Å². The summed E-state index contributed by atoms with van der Waals surface area (Å²) < 4.78 is 27.2. The molecule has 9 nitrogen and oxygen atoms in total. The first-order valence-corrected chi connectivity index (χ1v) is 17.7. The van der Waals surface area contributed by atoms with Gasteiger partial charge in [-0.05, 0) is 50.5 Å². The molecule has 9 heteroatoms. The Morgan fingerprint density at radius 3 is 2.24 bits per heavy atom. The van der Waals surface area contributed by atoms with Crippen LogP contribution in [0.25, 0.3) is 0 Å². The van der Waals surface area contributed by atoms with Crippen molar-refractivity contribution < 1.29 is 44.2 Å². The highest BCUT2D eigenvalue weighted by atomic mass is 16.9. The van der Waals surface area contributed by atoms with E-state index in [2.05, 4.69) is 6.58 Å². The van der Waals surface area contributed by atoms with Crippen LogP contribution in [0.5, 0.6) is 0 Å². The highest BCUT2D eigenvalue weighted by Gasteiger charge is 2.91. The normalized spacial score (nSPS) is 56.1. The van der Waals surface area contributed by atoms with Crippen LogP contribution in [0.15, 0.2) is 24.3 Å². The minimum atomic E-state index is -2.44. The summed E-state index contributed by atoms with van der Waals surface area (Å²) >= 11 is 0. The second-order valence-electron chi connectivity index (χ2n) is 16.0. The number of carbonyl (C=O) groups is 1. The topological polar surface area (TPSA) is 138 Å². The zero-order valence-electron chi connectivity index (χ0n) is 27.5. The summed E-state index contributed by atoms with van der Waals surface area (Å²) in [5.74, 6) is -5.30. The zero-order chi connectivity index (χ0) is 32.2. The number of hydrogen-bond acceptors (Lipinski definition) is 9. The van der Waals surface area contributed by atoms with Gasteiger partial charge in [0.2, 0.25) is 0 Å². The monoisotopic (exact) mass is 630 g/mol. The van der Waals surface area contributed by atoms with Crippen LogP contribution >= 0.6 is 0 Å². The predicted molar refractivity (Wildman–Crippen MR) is 165 cm³/mol. The van der Waals surface area contributed by atoms with Crippen molar-refractivity contribution in [3.63, 3.8) is 0 Å². The van der Waals surface area contributed by atoms with Crippen LogP contribution in [0, 0.1) is 29.6 Å². The molecule has 0 aromatic carbocycles. The molecule has 3 bridgehead atoms. The number of ether oxygens (including phenoxy) is 4. The van der Waals surface area contributed by atoms with Crippen LogP contribution in [0.3, 0.4) is 0 Å². The van der Waals surface area contributed by atoms with E-state index < -0.39 is 82.4 Å². The summed E-state index contributed by atoms with van der Waals surface area (Å²) in [5, 5.41) is 47.9. The first kappa shape index (κ1) is 32.4. The van der Waals surface area contributed by atoms with E-state index in [4.69, 9.17) is 18.9 Å². The lowest BCUT2D eigenvalue weighted by atomic mass is 9.51. The van der Waals surface area contributed by atoms with Crippen LogP contribution in [0.4, 0.5) is 0 Å². The van der Waals surface area contributed by atoms with Crippen LogP contribution in [-0.2, 0) is 23.7 Å². The third-order valence-electron chi connectivity index (χ3n) is 13.3. The molecule has 45 heavy (non-hydrogen) atoms. The third-order valence-corrected chi connectivity index (χ3v) is 13.3. The summed E-state index contributed by atoms with van der Waals surface area (Å²) in [6.07, 6.45) is 13.0. The minimum Gasteiger partial charge on any atom is -0.393 e. The maximum absolute atomic E-state index is 14.5. The molecular formula is C36H54O9. The van der Waals surface area contributed by atoms with Crippen molar-refractivity contribution in [2.24, 2.45) is 29.6 Å². The molecule has 0 radical (unpaired) electrons. The van der Waals surface area contributed by atoms with E-state index in [0.29, 0.717) is 6.42 Å². The molecule has 7 aliphatic rings. The fourth-order valence-corrected chi connectivity index (χ4v) is 11.2. The van der Waals surface area contributed by atoms with E-state index in [1.54, 1.807) is 0 Å². The molecule has 252 valence electrons. The molecule has 3 saturated heterocycles. The number of aliphatic hydroxyl groups excluding tert-OH is 2. The number of allylic oxidation sites excluding steroid dienone is 1. The first-order valence-electron chi connectivity index (χ1n) is 17.7.